The highest BCUT2D eigenvalue weighted by Gasteiger charge is 2.50. The number of esters is 3. The van der Waals surface area contributed by atoms with Gasteiger partial charge in [-0.05, 0) is 128 Å². The van der Waals surface area contributed by atoms with E-state index in [4.69, 9.17) is 23.7 Å². The molecular weight excluding hydrogens is 1040 g/mol. The van der Waals surface area contributed by atoms with E-state index in [9.17, 15) is 34.5 Å². The molecule has 0 amide bonds. The average molecular weight is 1160 g/mol. The molecule has 83 heavy (non-hydrogen) atoms. The van der Waals surface area contributed by atoms with Crippen molar-refractivity contribution in [3.8, 4) is 0 Å². The van der Waals surface area contributed by atoms with Crippen LogP contribution in [0.2, 0.25) is 0 Å². The van der Waals surface area contributed by atoms with Gasteiger partial charge in [0.15, 0.2) is 24.6 Å². The standard InChI is InChI=1S/C71H112O12/c1-4-7-10-13-16-19-22-25-28-31-32-35-36-39-42-45-48-51-54-57-63(72)79-60-62(81-64(73)58-55-52-49-46-43-40-37-33-29-26-23-20-17-14-11-8-5-2)61-80-71-69(67(76)66(75)68(83-71)70(77)78)82-65(74)59-56-53-50-47-44-41-38-34-30-27-24-21-18-15-12-9-6-3/h7-12,16-21,25-30,32,35,37,40,62,66-69,71,75-76H,4-6,13-15,22-24,31,33-34,36,38-39,41-61H2,1-3H3,(H,77,78)/b10-7-,11-8-,12-9-,19-16-,20-17-,21-18-,28-25-,29-26-,30-27-,35-32-,40-37-. The predicted molar refractivity (Wildman–Crippen MR) is 340 cm³/mol. The number of carboxylic acid groups (broad SMARTS) is 1. The van der Waals surface area contributed by atoms with Crippen molar-refractivity contribution in [3.05, 3.63) is 134 Å². The van der Waals surface area contributed by atoms with Gasteiger partial charge in [0.1, 0.15) is 18.8 Å². The molecule has 1 fully saturated rings. The van der Waals surface area contributed by atoms with E-state index in [0.29, 0.717) is 19.3 Å². The molecule has 6 atom stereocenters. The summed E-state index contributed by atoms with van der Waals surface area (Å²) in [6, 6.07) is 0. The molecule has 6 unspecified atom stereocenters. The number of rotatable bonds is 53. The zero-order valence-electron chi connectivity index (χ0n) is 51.6. The number of unbranched alkanes of at least 4 members (excludes halogenated alkanes) is 17. The van der Waals surface area contributed by atoms with Crippen molar-refractivity contribution in [1.29, 1.82) is 0 Å². The number of carbonyl (C=O) groups is 4. The van der Waals surface area contributed by atoms with Crippen molar-refractivity contribution in [1.82, 2.24) is 0 Å². The first-order chi connectivity index (χ1) is 40.6. The van der Waals surface area contributed by atoms with Gasteiger partial charge in [0, 0.05) is 19.3 Å². The highest BCUT2D eigenvalue weighted by molar-refractivity contribution is 5.74. The van der Waals surface area contributed by atoms with Crippen LogP contribution in [0.4, 0.5) is 0 Å². The van der Waals surface area contributed by atoms with Crippen LogP contribution in [-0.4, -0.2) is 89.2 Å². The van der Waals surface area contributed by atoms with E-state index in [-0.39, 0.29) is 25.9 Å². The minimum atomic E-state index is -1.92. The lowest BCUT2D eigenvalue weighted by Gasteiger charge is -2.40. The van der Waals surface area contributed by atoms with Crippen LogP contribution >= 0.6 is 0 Å². The van der Waals surface area contributed by atoms with Crippen molar-refractivity contribution in [2.24, 2.45) is 0 Å². The number of ether oxygens (including phenoxy) is 5. The van der Waals surface area contributed by atoms with E-state index < -0.39 is 67.3 Å². The summed E-state index contributed by atoms with van der Waals surface area (Å²) in [4.78, 5) is 51.4. The lowest BCUT2D eigenvalue weighted by atomic mass is 9.98. The van der Waals surface area contributed by atoms with Crippen molar-refractivity contribution in [2.75, 3.05) is 13.2 Å². The number of carbonyl (C=O) groups excluding carboxylic acids is 3. The van der Waals surface area contributed by atoms with Crippen LogP contribution in [-0.2, 0) is 42.9 Å². The molecule has 1 saturated heterocycles. The second-order valence-corrected chi connectivity index (χ2v) is 21.2. The lowest BCUT2D eigenvalue weighted by Crippen LogP contribution is -2.61. The fraction of sp³-hybridized carbons (Fsp3) is 0.634. The molecule has 12 heteroatoms. The molecule has 0 aromatic rings. The zero-order chi connectivity index (χ0) is 60.3. The summed E-state index contributed by atoms with van der Waals surface area (Å²) >= 11 is 0. The molecule has 12 nitrogen and oxygen atoms in total. The van der Waals surface area contributed by atoms with Gasteiger partial charge in [0.2, 0.25) is 0 Å². The average Bonchev–Trinajstić information content (AvgIpc) is 3.59. The maximum absolute atomic E-state index is 13.2. The Morgan fingerprint density at radius 1 is 0.398 bits per heavy atom. The van der Waals surface area contributed by atoms with Gasteiger partial charge in [-0.25, -0.2) is 4.79 Å². The molecule has 3 N–H and O–H groups in total. The van der Waals surface area contributed by atoms with E-state index in [2.05, 4.69) is 154 Å². The molecule has 1 aliphatic heterocycles. The van der Waals surface area contributed by atoms with E-state index in [1.54, 1.807) is 0 Å². The Labute approximate surface area is 502 Å². The summed E-state index contributed by atoms with van der Waals surface area (Å²) in [5.74, 6) is -3.20. The SMILES string of the molecule is CC/C=C\C/C=C\C/C=C\C/C=C\CCCCCCCCC(=O)OCC(COC1OC(C(=O)O)C(O)C(O)C1OC(=O)CCCCCCCCC/C=C\C/C=C\C/C=C\CC)OC(=O)CCCCCC/C=C\C/C=C\C/C=C\C/C=C\CC. The number of allylic oxidation sites excluding steroid dienone is 22. The van der Waals surface area contributed by atoms with Gasteiger partial charge in [-0.1, -0.05) is 225 Å². The summed E-state index contributed by atoms with van der Waals surface area (Å²) < 4.78 is 28.5. The number of aliphatic hydroxyl groups is 2. The third-order valence-corrected chi connectivity index (χ3v) is 13.7. The summed E-state index contributed by atoms with van der Waals surface area (Å²) in [6.45, 7) is 5.63. The Balaban J connectivity index is 2.70. The molecule has 0 saturated carbocycles. The summed E-state index contributed by atoms with van der Waals surface area (Å²) in [7, 11) is 0. The van der Waals surface area contributed by atoms with Crippen molar-refractivity contribution in [2.45, 2.75) is 276 Å². The minimum absolute atomic E-state index is 0.0375. The predicted octanol–water partition coefficient (Wildman–Crippen LogP) is 17.3. The Morgan fingerprint density at radius 3 is 1.10 bits per heavy atom. The van der Waals surface area contributed by atoms with Gasteiger partial charge in [-0.3, -0.25) is 14.4 Å². The molecule has 1 heterocycles. The quantitative estimate of drug-likeness (QED) is 0.0228. The first-order valence-corrected chi connectivity index (χ1v) is 32.2. The van der Waals surface area contributed by atoms with Gasteiger partial charge in [0.25, 0.3) is 0 Å². The summed E-state index contributed by atoms with van der Waals surface area (Å²) in [6.07, 6.45) is 68.3. The molecule has 1 rings (SSSR count). The highest BCUT2D eigenvalue weighted by atomic mass is 16.7. The Kier molecular flexibility index (Phi) is 52.4. The van der Waals surface area contributed by atoms with Gasteiger partial charge < -0.3 is 39.0 Å². The van der Waals surface area contributed by atoms with E-state index in [1.165, 1.54) is 0 Å². The molecule has 468 valence electrons. The van der Waals surface area contributed by atoms with Crippen LogP contribution in [0.15, 0.2) is 134 Å². The second kappa shape index (κ2) is 57.3. The topological polar surface area (TPSA) is 175 Å². The lowest BCUT2D eigenvalue weighted by molar-refractivity contribution is -0.301. The molecule has 0 radical (unpaired) electrons. The van der Waals surface area contributed by atoms with Crippen LogP contribution in [0.1, 0.15) is 239 Å². The molecule has 0 spiro atoms. The Bertz CT molecular complexity index is 1950. The van der Waals surface area contributed by atoms with Gasteiger partial charge in [0.05, 0.1) is 6.61 Å². The number of aliphatic hydroxyl groups excluding tert-OH is 2. The fourth-order valence-electron chi connectivity index (χ4n) is 8.89. The smallest absolute Gasteiger partial charge is 0.335 e. The number of hydrogen-bond donors (Lipinski definition) is 3. The van der Waals surface area contributed by atoms with Crippen LogP contribution in [0, 0.1) is 0 Å². The van der Waals surface area contributed by atoms with Crippen molar-refractivity contribution >= 4 is 23.9 Å². The molecule has 0 aromatic carbocycles. The number of carboxylic acids is 1. The van der Waals surface area contributed by atoms with Crippen molar-refractivity contribution < 1.29 is 58.2 Å². The maximum Gasteiger partial charge on any atom is 0.335 e. The highest BCUT2D eigenvalue weighted by Crippen LogP contribution is 2.26. The molecule has 0 aromatic heterocycles. The Morgan fingerprint density at radius 2 is 0.723 bits per heavy atom. The molecule has 0 bridgehead atoms. The van der Waals surface area contributed by atoms with E-state index >= 15 is 0 Å². The van der Waals surface area contributed by atoms with E-state index in [0.717, 1.165) is 180 Å². The first-order valence-electron chi connectivity index (χ1n) is 32.2. The molecule has 1 aliphatic rings. The molecule has 0 aliphatic carbocycles. The zero-order valence-corrected chi connectivity index (χ0v) is 51.6. The van der Waals surface area contributed by atoms with Gasteiger partial charge >= 0.3 is 23.9 Å². The van der Waals surface area contributed by atoms with Crippen LogP contribution in [0.3, 0.4) is 0 Å². The van der Waals surface area contributed by atoms with Gasteiger partial charge in [-0.2, -0.15) is 0 Å². The Hall–Kier alpha value is -5.14. The first kappa shape index (κ1) is 75.9. The van der Waals surface area contributed by atoms with Crippen LogP contribution < -0.4 is 0 Å². The number of aliphatic carboxylic acids is 1. The fourth-order valence-corrected chi connectivity index (χ4v) is 8.89. The number of hydrogen-bond acceptors (Lipinski definition) is 11. The summed E-state index contributed by atoms with van der Waals surface area (Å²) in [5, 5.41) is 31.6. The third kappa shape index (κ3) is 46.9. The summed E-state index contributed by atoms with van der Waals surface area (Å²) in [5.41, 5.74) is 0. The van der Waals surface area contributed by atoms with Gasteiger partial charge in [-0.15, -0.1) is 0 Å². The van der Waals surface area contributed by atoms with Crippen molar-refractivity contribution in [3.63, 3.8) is 0 Å². The van der Waals surface area contributed by atoms with E-state index in [1.807, 2.05) is 0 Å². The largest absolute Gasteiger partial charge is 0.479 e. The second-order valence-electron chi connectivity index (χ2n) is 21.2. The van der Waals surface area contributed by atoms with Crippen LogP contribution in [0.5, 0.6) is 0 Å². The monoisotopic (exact) mass is 1160 g/mol. The van der Waals surface area contributed by atoms with Crippen LogP contribution in [0.25, 0.3) is 0 Å². The maximum atomic E-state index is 13.2. The molecular formula is C71H112O12. The minimum Gasteiger partial charge on any atom is -0.479 e. The third-order valence-electron chi connectivity index (χ3n) is 13.7. The normalized spacial score (nSPS) is 18.5.